The van der Waals surface area contributed by atoms with Crippen molar-refractivity contribution >= 4 is 11.9 Å². The summed E-state index contributed by atoms with van der Waals surface area (Å²) >= 11 is 0. The van der Waals surface area contributed by atoms with E-state index in [9.17, 15) is 22.8 Å². The summed E-state index contributed by atoms with van der Waals surface area (Å²) in [6.45, 7) is 1.88. The van der Waals surface area contributed by atoms with Crippen molar-refractivity contribution in [1.82, 2.24) is 4.90 Å². The highest BCUT2D eigenvalue weighted by atomic mass is 19.4. The molecule has 108 valence electrons. The number of hydrogen-bond acceptors (Lipinski definition) is 4. The van der Waals surface area contributed by atoms with Crippen LogP contribution in [-0.4, -0.2) is 41.8 Å². The average molecular weight is 280 g/mol. The molecule has 2 fully saturated rings. The van der Waals surface area contributed by atoms with E-state index in [2.05, 4.69) is 4.74 Å². The van der Waals surface area contributed by atoms with Gasteiger partial charge >= 0.3 is 12.1 Å². The number of esters is 1. The van der Waals surface area contributed by atoms with Crippen molar-refractivity contribution in [3.05, 3.63) is 0 Å². The lowest BCUT2D eigenvalue weighted by molar-refractivity contribution is -0.214. The second-order valence-corrected chi connectivity index (χ2v) is 5.47. The summed E-state index contributed by atoms with van der Waals surface area (Å²) in [6, 6.07) is 0. The second-order valence-electron chi connectivity index (χ2n) is 5.47. The first-order valence-corrected chi connectivity index (χ1v) is 5.94. The zero-order valence-corrected chi connectivity index (χ0v) is 10.4. The zero-order chi connectivity index (χ0) is 14.5. The number of likely N-dealkylation sites (tertiary alicyclic amines) is 1. The summed E-state index contributed by atoms with van der Waals surface area (Å²) in [5, 5.41) is 0. The molecule has 0 aromatic rings. The number of alkyl halides is 3. The quantitative estimate of drug-likeness (QED) is 0.599. The Morgan fingerprint density at radius 1 is 1.26 bits per heavy atom. The van der Waals surface area contributed by atoms with E-state index < -0.39 is 23.8 Å². The molecule has 0 bridgehead atoms. The Hall–Kier alpha value is -1.31. The first kappa shape index (κ1) is 14.1. The largest absolute Gasteiger partial charge is 0.491 e. The molecule has 0 unspecified atom stereocenters. The third-order valence-electron chi connectivity index (χ3n) is 3.64. The summed E-state index contributed by atoms with van der Waals surface area (Å²) in [7, 11) is 0. The van der Waals surface area contributed by atoms with Gasteiger partial charge in [0.05, 0.1) is 0 Å². The van der Waals surface area contributed by atoms with Gasteiger partial charge in [0.25, 0.3) is 5.91 Å². The molecule has 1 atom stereocenters. The van der Waals surface area contributed by atoms with Gasteiger partial charge in [-0.05, 0) is 31.6 Å². The maximum Gasteiger partial charge on any atom is 0.491 e. The Morgan fingerprint density at radius 3 is 2.26 bits per heavy atom. The third kappa shape index (κ3) is 2.83. The molecule has 1 saturated carbocycles. The van der Waals surface area contributed by atoms with Gasteiger partial charge in [0.1, 0.15) is 0 Å². The highest BCUT2D eigenvalue weighted by Crippen LogP contribution is 2.52. The molecule has 1 saturated heterocycles. The molecule has 19 heavy (non-hydrogen) atoms. The number of halogens is 3. The van der Waals surface area contributed by atoms with Crippen LogP contribution >= 0.6 is 0 Å². The Kier molecular flexibility index (Phi) is 3.04. The Bertz CT molecular complexity index is 416. The van der Waals surface area contributed by atoms with Gasteiger partial charge in [-0.15, -0.1) is 0 Å². The molecular weight excluding hydrogens is 265 g/mol. The van der Waals surface area contributed by atoms with Crippen molar-refractivity contribution in [3.63, 3.8) is 0 Å². The topological polar surface area (TPSA) is 72.6 Å². The van der Waals surface area contributed by atoms with Gasteiger partial charge in [-0.1, -0.05) is 0 Å². The van der Waals surface area contributed by atoms with Crippen LogP contribution in [0.15, 0.2) is 0 Å². The van der Waals surface area contributed by atoms with Gasteiger partial charge in [-0.3, -0.25) is 10.5 Å². The molecule has 1 amide bonds. The van der Waals surface area contributed by atoms with Crippen molar-refractivity contribution < 1.29 is 27.5 Å². The predicted octanol–water partition coefficient (Wildman–Crippen LogP) is 0.779. The van der Waals surface area contributed by atoms with Gasteiger partial charge in [0.2, 0.25) is 5.72 Å². The molecule has 5 nitrogen and oxygen atoms in total. The van der Waals surface area contributed by atoms with Crippen LogP contribution in [-0.2, 0) is 14.3 Å². The molecule has 8 heteroatoms. The smallest absolute Gasteiger partial charge is 0.428 e. The number of ether oxygens (including phenoxy) is 1. The highest BCUT2D eigenvalue weighted by molar-refractivity contribution is 5.88. The summed E-state index contributed by atoms with van der Waals surface area (Å²) in [5.74, 6) is -3.24. The van der Waals surface area contributed by atoms with Crippen molar-refractivity contribution in [2.45, 2.75) is 38.1 Å². The third-order valence-corrected chi connectivity index (χ3v) is 3.64. The van der Waals surface area contributed by atoms with Crippen LogP contribution in [0.3, 0.4) is 0 Å². The molecule has 1 aliphatic carbocycles. The number of carbonyl (C=O) groups is 2. The van der Waals surface area contributed by atoms with E-state index in [1.165, 1.54) is 4.90 Å². The minimum absolute atomic E-state index is 0.125. The van der Waals surface area contributed by atoms with Gasteiger partial charge in [-0.2, -0.15) is 13.2 Å². The fraction of sp³-hybridized carbons (Fsp3) is 0.818. The van der Waals surface area contributed by atoms with Crippen LogP contribution in [0.25, 0.3) is 0 Å². The van der Waals surface area contributed by atoms with E-state index in [0.29, 0.717) is 13.1 Å². The van der Waals surface area contributed by atoms with Crippen molar-refractivity contribution in [2.75, 3.05) is 13.1 Å². The van der Waals surface area contributed by atoms with Crippen LogP contribution in [0, 0.1) is 5.41 Å². The fourth-order valence-corrected chi connectivity index (χ4v) is 2.30. The van der Waals surface area contributed by atoms with E-state index in [1.54, 1.807) is 0 Å². The molecule has 0 radical (unpaired) electrons. The maximum absolute atomic E-state index is 12.1. The number of hydrogen-bond donors (Lipinski definition) is 1. The summed E-state index contributed by atoms with van der Waals surface area (Å²) in [5.41, 5.74) is 3.25. The lowest BCUT2D eigenvalue weighted by Crippen LogP contribution is -2.56. The van der Waals surface area contributed by atoms with Crippen molar-refractivity contribution in [2.24, 2.45) is 11.1 Å². The van der Waals surface area contributed by atoms with Gasteiger partial charge in [-0.25, -0.2) is 4.79 Å². The molecule has 1 heterocycles. The predicted molar refractivity (Wildman–Crippen MR) is 57.6 cm³/mol. The zero-order valence-electron chi connectivity index (χ0n) is 10.4. The second kappa shape index (κ2) is 4.09. The first-order valence-electron chi connectivity index (χ1n) is 5.94. The summed E-state index contributed by atoms with van der Waals surface area (Å²) in [4.78, 5) is 24.1. The monoisotopic (exact) mass is 280 g/mol. The van der Waals surface area contributed by atoms with Gasteiger partial charge < -0.3 is 9.64 Å². The first-order chi connectivity index (χ1) is 8.56. The van der Waals surface area contributed by atoms with Crippen LogP contribution in [0.1, 0.15) is 26.2 Å². The normalized spacial score (nSPS) is 24.2. The van der Waals surface area contributed by atoms with Gasteiger partial charge in [0.15, 0.2) is 0 Å². The van der Waals surface area contributed by atoms with Crippen molar-refractivity contribution in [3.8, 4) is 0 Å². The maximum atomic E-state index is 12.1. The van der Waals surface area contributed by atoms with E-state index in [1.807, 2.05) is 0 Å². The molecular formula is C11H15F3N2O3. The minimum atomic E-state index is -5.16. The van der Waals surface area contributed by atoms with E-state index in [-0.39, 0.29) is 5.41 Å². The number of amides is 1. The van der Waals surface area contributed by atoms with Crippen LogP contribution in [0.5, 0.6) is 0 Å². The standard InChI is InChI=1S/C11H15F3N2O3/c1-9(15,19-8(18)11(12,13)14)7(17)16-5-4-10(6-16)2-3-10/h2-6,15H2,1H3/t9-/m1/s1. The molecule has 1 spiro atoms. The lowest BCUT2D eigenvalue weighted by Gasteiger charge is -2.29. The Balaban J connectivity index is 1.99. The van der Waals surface area contributed by atoms with E-state index in [0.717, 1.165) is 26.2 Å². The summed E-state index contributed by atoms with van der Waals surface area (Å²) in [6.07, 6.45) is -2.31. The highest BCUT2D eigenvalue weighted by Gasteiger charge is 2.52. The van der Waals surface area contributed by atoms with Crippen molar-refractivity contribution in [1.29, 1.82) is 0 Å². The number of carbonyl (C=O) groups excluding carboxylic acids is 2. The molecule has 1 aliphatic heterocycles. The van der Waals surface area contributed by atoms with Crippen LogP contribution in [0.4, 0.5) is 13.2 Å². The molecule has 2 aliphatic rings. The summed E-state index contributed by atoms with van der Waals surface area (Å²) < 4.78 is 40.4. The lowest BCUT2D eigenvalue weighted by atomic mass is 10.1. The number of rotatable bonds is 2. The molecule has 0 aromatic heterocycles. The molecule has 0 aromatic carbocycles. The van der Waals surface area contributed by atoms with E-state index >= 15 is 0 Å². The number of nitrogens with two attached hydrogens (primary N) is 1. The van der Waals surface area contributed by atoms with Crippen LogP contribution < -0.4 is 5.73 Å². The molecule has 2 rings (SSSR count). The average Bonchev–Trinajstić information content (AvgIpc) is 2.86. The minimum Gasteiger partial charge on any atom is -0.428 e. The Morgan fingerprint density at radius 2 is 1.84 bits per heavy atom. The van der Waals surface area contributed by atoms with Gasteiger partial charge in [0, 0.05) is 13.1 Å². The Labute approximate surface area is 107 Å². The number of nitrogens with zero attached hydrogens (tertiary/aromatic N) is 1. The SMILES string of the molecule is C[C@@](N)(OC(=O)C(F)(F)F)C(=O)N1CCC2(CC2)C1. The van der Waals surface area contributed by atoms with E-state index in [4.69, 9.17) is 5.73 Å². The van der Waals surface area contributed by atoms with Crippen LogP contribution in [0.2, 0.25) is 0 Å². The fourth-order valence-electron chi connectivity index (χ4n) is 2.30. The molecule has 2 N–H and O–H groups in total.